The van der Waals surface area contributed by atoms with Crippen molar-refractivity contribution in [2.24, 2.45) is 0 Å². The highest BCUT2D eigenvalue weighted by atomic mass is 32.3. The molecular weight excluding hydrogens is 216 g/mol. The van der Waals surface area contributed by atoms with E-state index in [1.807, 2.05) is 53.5 Å². The van der Waals surface area contributed by atoms with Gasteiger partial charge in [0, 0.05) is 17.3 Å². The summed E-state index contributed by atoms with van der Waals surface area (Å²) in [7, 11) is 0. The van der Waals surface area contributed by atoms with Gasteiger partial charge in [-0.15, -0.1) is 55.0 Å². The van der Waals surface area contributed by atoms with E-state index in [0.29, 0.717) is 0 Å². The molecule has 0 rings (SSSR count). The summed E-state index contributed by atoms with van der Waals surface area (Å²) in [6.07, 6.45) is 5.77. The van der Waals surface area contributed by atoms with Crippen LogP contribution in [0, 0.1) is 3.91 Å². The molecule has 0 aliphatic rings. The molecule has 0 atom stereocenters. The van der Waals surface area contributed by atoms with Crippen LogP contribution in [0.3, 0.4) is 0 Å². The van der Waals surface area contributed by atoms with Crippen LogP contribution in [0.4, 0.5) is 0 Å². The molecule has 0 aliphatic heterocycles. The molecule has 73 valence electrons. The Morgan fingerprint density at radius 1 is 0.769 bits per heavy atom. The highest BCUT2D eigenvalue weighted by Crippen LogP contribution is 2.41. The number of rotatable bonds is 9. The quantitative estimate of drug-likeness (QED) is 0.546. The lowest BCUT2D eigenvalue weighted by Crippen LogP contribution is -1.84. The van der Waals surface area contributed by atoms with Gasteiger partial charge in [-0.25, -0.2) is 0 Å². The lowest BCUT2D eigenvalue weighted by molar-refractivity contribution is 1.79. The second-order valence-corrected chi connectivity index (χ2v) is 5.92. The van der Waals surface area contributed by atoms with Gasteiger partial charge in [0.25, 0.3) is 0 Å². The summed E-state index contributed by atoms with van der Waals surface area (Å²) < 4.78 is 1.37. The lowest BCUT2D eigenvalue weighted by atomic mass is 10.8. The van der Waals surface area contributed by atoms with Crippen LogP contribution in [-0.4, -0.2) is 17.3 Å². The van der Waals surface area contributed by atoms with Gasteiger partial charge >= 0.3 is 0 Å². The normalized spacial score (nSPS) is 9.92. The molecule has 0 heterocycles. The molecule has 0 saturated heterocycles. The fourth-order valence-corrected chi connectivity index (χ4v) is 3.49. The Kier molecular flexibility index (Phi) is 10.6. The molecule has 0 aromatic heterocycles. The van der Waals surface area contributed by atoms with Gasteiger partial charge in [0.15, 0.2) is 0 Å². The predicted molar refractivity (Wildman–Crippen MR) is 71.2 cm³/mol. The molecule has 0 spiro atoms. The maximum atomic E-state index is 3.70. The molecule has 0 fully saturated rings. The average molecular weight is 231 g/mol. The van der Waals surface area contributed by atoms with E-state index < -0.39 is 0 Å². The molecule has 0 aliphatic carbocycles. The zero-order chi connectivity index (χ0) is 9.94. The first-order valence-corrected chi connectivity index (χ1v) is 6.88. The fourth-order valence-electron chi connectivity index (χ4n) is 0.506. The van der Waals surface area contributed by atoms with Crippen molar-refractivity contribution in [3.63, 3.8) is 0 Å². The molecule has 0 saturated carbocycles. The molecule has 0 unspecified atom stereocenters. The van der Waals surface area contributed by atoms with Crippen molar-refractivity contribution in [1.82, 2.24) is 0 Å². The van der Waals surface area contributed by atoms with Gasteiger partial charge in [-0.1, -0.05) is 18.2 Å². The minimum absolute atomic E-state index is 0.976. The first kappa shape index (κ1) is 13.3. The number of hydrogen-bond acceptors (Lipinski definition) is 3. The summed E-state index contributed by atoms with van der Waals surface area (Å²) in [6.45, 7) is 11.1. The largest absolute Gasteiger partial charge is 0.141 e. The van der Waals surface area contributed by atoms with E-state index in [9.17, 15) is 0 Å². The van der Waals surface area contributed by atoms with Crippen LogP contribution in [-0.2, 0) is 0 Å². The van der Waals surface area contributed by atoms with Crippen LogP contribution in [0.5, 0.6) is 0 Å². The second kappa shape index (κ2) is 10.4. The van der Waals surface area contributed by atoms with E-state index in [1.54, 1.807) is 0 Å². The Bertz CT molecular complexity index is 126. The van der Waals surface area contributed by atoms with Gasteiger partial charge in [-0.2, -0.15) is 0 Å². The van der Waals surface area contributed by atoms with E-state index in [0.717, 1.165) is 17.3 Å². The SMILES string of the molecule is C=CCS[C](SCC=C)SCC=C. The van der Waals surface area contributed by atoms with Gasteiger partial charge in [-0.05, 0) is 0 Å². The fraction of sp³-hybridized carbons (Fsp3) is 0.300. The van der Waals surface area contributed by atoms with Gasteiger partial charge in [0.2, 0.25) is 0 Å². The van der Waals surface area contributed by atoms with Gasteiger partial charge in [0.05, 0.1) is 0 Å². The van der Waals surface area contributed by atoms with E-state index in [-0.39, 0.29) is 0 Å². The molecule has 0 nitrogen and oxygen atoms in total. The van der Waals surface area contributed by atoms with Gasteiger partial charge in [0.1, 0.15) is 3.91 Å². The van der Waals surface area contributed by atoms with Crippen molar-refractivity contribution in [3.8, 4) is 0 Å². The summed E-state index contributed by atoms with van der Waals surface area (Å²) in [5.41, 5.74) is 0. The van der Waals surface area contributed by atoms with E-state index in [2.05, 4.69) is 19.7 Å². The maximum Gasteiger partial charge on any atom is 0.141 e. The molecule has 0 aromatic rings. The van der Waals surface area contributed by atoms with E-state index >= 15 is 0 Å². The maximum absolute atomic E-state index is 3.70. The van der Waals surface area contributed by atoms with Crippen LogP contribution >= 0.6 is 35.3 Å². The molecule has 3 heteroatoms. The van der Waals surface area contributed by atoms with Gasteiger partial charge < -0.3 is 0 Å². The third-order valence-corrected chi connectivity index (χ3v) is 4.99. The van der Waals surface area contributed by atoms with Crippen LogP contribution in [0.2, 0.25) is 0 Å². The standard InChI is InChI=1S/C10H15S3/c1-4-7-11-10(12-8-5-2)13-9-6-3/h4-6H,1-3,7-9H2. The Morgan fingerprint density at radius 3 is 1.31 bits per heavy atom. The highest BCUT2D eigenvalue weighted by molar-refractivity contribution is 8.37. The Labute approximate surface area is 94.3 Å². The van der Waals surface area contributed by atoms with Crippen molar-refractivity contribution in [2.45, 2.75) is 0 Å². The Balaban J connectivity index is 3.64. The average Bonchev–Trinajstić information content (AvgIpc) is 2.17. The van der Waals surface area contributed by atoms with Crippen LogP contribution in [0.1, 0.15) is 0 Å². The van der Waals surface area contributed by atoms with E-state index in [4.69, 9.17) is 0 Å². The molecule has 0 amide bonds. The summed E-state index contributed by atoms with van der Waals surface area (Å²) in [4.78, 5) is 0. The topological polar surface area (TPSA) is 0 Å². The summed E-state index contributed by atoms with van der Waals surface area (Å²) >= 11 is 5.49. The molecule has 13 heavy (non-hydrogen) atoms. The summed E-state index contributed by atoms with van der Waals surface area (Å²) in [5, 5.41) is 0. The Hall–Kier alpha value is 0.270. The summed E-state index contributed by atoms with van der Waals surface area (Å²) in [5.74, 6) is 2.93. The van der Waals surface area contributed by atoms with Gasteiger partial charge in [-0.3, -0.25) is 0 Å². The van der Waals surface area contributed by atoms with Crippen LogP contribution in [0.25, 0.3) is 0 Å². The van der Waals surface area contributed by atoms with Crippen molar-refractivity contribution in [3.05, 3.63) is 41.9 Å². The Morgan fingerprint density at radius 2 is 1.08 bits per heavy atom. The highest BCUT2D eigenvalue weighted by Gasteiger charge is 2.08. The first-order valence-electron chi connectivity index (χ1n) is 3.93. The van der Waals surface area contributed by atoms with Crippen LogP contribution < -0.4 is 0 Å². The minimum atomic E-state index is 0.976. The molecule has 0 N–H and O–H groups in total. The molecule has 1 radical (unpaired) electrons. The molecule has 0 aromatic carbocycles. The second-order valence-electron chi connectivity index (χ2n) is 2.05. The predicted octanol–water partition coefficient (Wildman–Crippen LogP) is 4.19. The molecular formula is C10H15S3. The van der Waals surface area contributed by atoms with E-state index in [1.165, 1.54) is 3.91 Å². The van der Waals surface area contributed by atoms with Crippen molar-refractivity contribution in [2.75, 3.05) is 17.3 Å². The zero-order valence-corrected chi connectivity index (χ0v) is 10.1. The number of thioether (sulfide) groups is 3. The lowest BCUT2D eigenvalue weighted by Gasteiger charge is -2.10. The molecule has 0 bridgehead atoms. The van der Waals surface area contributed by atoms with Crippen molar-refractivity contribution in [1.29, 1.82) is 0 Å². The van der Waals surface area contributed by atoms with Crippen molar-refractivity contribution >= 4 is 35.3 Å². The first-order chi connectivity index (χ1) is 6.35. The van der Waals surface area contributed by atoms with Crippen molar-refractivity contribution < 1.29 is 0 Å². The zero-order valence-electron chi connectivity index (χ0n) is 7.70. The van der Waals surface area contributed by atoms with Crippen LogP contribution in [0.15, 0.2) is 38.0 Å². The summed E-state index contributed by atoms with van der Waals surface area (Å²) in [6, 6.07) is 0. The minimum Gasteiger partial charge on any atom is -0.126 e. The monoisotopic (exact) mass is 231 g/mol. The third-order valence-electron chi connectivity index (χ3n) is 0.957. The smallest absolute Gasteiger partial charge is 0.126 e. The third kappa shape index (κ3) is 8.60. The number of hydrogen-bond donors (Lipinski definition) is 0.